The fourth-order valence-electron chi connectivity index (χ4n) is 2.37. The van der Waals surface area contributed by atoms with Crippen molar-refractivity contribution in [2.24, 2.45) is 0 Å². The summed E-state index contributed by atoms with van der Waals surface area (Å²) < 4.78 is 0. The Bertz CT molecular complexity index is 826. The molecule has 0 saturated heterocycles. The lowest BCUT2D eigenvalue weighted by atomic mass is 9.85. The van der Waals surface area contributed by atoms with Crippen molar-refractivity contribution < 1.29 is 24.6 Å². The SMILES string of the molecule is CC(C)(C)c1ccc(O)c(C(=O)CC(=O)c2ccc(C(=O)O)cc2)c1. The number of phenolic OH excluding ortho intramolecular Hbond substituents is 1. The number of hydrogen-bond acceptors (Lipinski definition) is 4. The van der Waals surface area contributed by atoms with E-state index in [4.69, 9.17) is 5.11 Å². The molecule has 0 bridgehead atoms. The maximum Gasteiger partial charge on any atom is 0.335 e. The van der Waals surface area contributed by atoms with Crippen molar-refractivity contribution in [3.63, 3.8) is 0 Å². The third-order valence-corrected chi connectivity index (χ3v) is 3.94. The molecule has 2 rings (SSSR count). The number of rotatable bonds is 5. The fourth-order valence-corrected chi connectivity index (χ4v) is 2.37. The molecule has 0 heterocycles. The Morgan fingerprint density at radius 3 is 1.96 bits per heavy atom. The van der Waals surface area contributed by atoms with Gasteiger partial charge in [-0.25, -0.2) is 4.79 Å². The smallest absolute Gasteiger partial charge is 0.335 e. The molecule has 0 amide bonds. The zero-order valence-corrected chi connectivity index (χ0v) is 14.4. The fraction of sp³-hybridized carbons (Fsp3) is 0.250. The van der Waals surface area contributed by atoms with Gasteiger partial charge in [-0.2, -0.15) is 0 Å². The van der Waals surface area contributed by atoms with Crippen molar-refractivity contribution in [3.8, 4) is 5.75 Å². The van der Waals surface area contributed by atoms with Crippen LogP contribution in [0, 0.1) is 0 Å². The number of carboxylic acid groups (broad SMARTS) is 1. The highest BCUT2D eigenvalue weighted by molar-refractivity contribution is 6.14. The number of phenols is 1. The monoisotopic (exact) mass is 340 g/mol. The van der Waals surface area contributed by atoms with Crippen molar-refractivity contribution >= 4 is 17.5 Å². The molecule has 0 saturated carbocycles. The molecule has 0 aromatic heterocycles. The molecule has 25 heavy (non-hydrogen) atoms. The minimum Gasteiger partial charge on any atom is -0.507 e. The van der Waals surface area contributed by atoms with E-state index in [1.807, 2.05) is 20.8 Å². The van der Waals surface area contributed by atoms with Crippen LogP contribution in [0.2, 0.25) is 0 Å². The van der Waals surface area contributed by atoms with Gasteiger partial charge in [0.25, 0.3) is 0 Å². The van der Waals surface area contributed by atoms with Crippen LogP contribution in [0.4, 0.5) is 0 Å². The first kappa shape index (κ1) is 18.4. The van der Waals surface area contributed by atoms with Crippen LogP contribution in [0.25, 0.3) is 0 Å². The van der Waals surface area contributed by atoms with Crippen molar-refractivity contribution in [2.75, 3.05) is 0 Å². The first-order valence-electron chi connectivity index (χ1n) is 7.83. The number of Topliss-reactive ketones (excluding diaryl/α,β-unsaturated/α-hetero) is 2. The van der Waals surface area contributed by atoms with Crippen molar-refractivity contribution in [2.45, 2.75) is 32.6 Å². The Labute approximate surface area is 145 Å². The summed E-state index contributed by atoms with van der Waals surface area (Å²) in [6.07, 6.45) is -0.395. The molecule has 5 heteroatoms. The number of carbonyl (C=O) groups is 3. The van der Waals surface area contributed by atoms with E-state index in [9.17, 15) is 19.5 Å². The lowest BCUT2D eigenvalue weighted by molar-refractivity contribution is 0.0695. The molecule has 130 valence electrons. The minimum absolute atomic E-state index is 0.0680. The number of carboxylic acids is 1. The summed E-state index contributed by atoms with van der Waals surface area (Å²) in [6.45, 7) is 5.97. The van der Waals surface area contributed by atoms with Gasteiger partial charge in [0, 0.05) is 5.56 Å². The summed E-state index contributed by atoms with van der Waals surface area (Å²) >= 11 is 0. The molecule has 0 spiro atoms. The van der Waals surface area contributed by atoms with E-state index in [0.29, 0.717) is 0 Å². The number of ketones is 2. The summed E-state index contributed by atoms with van der Waals surface area (Å²) in [5.74, 6) is -2.15. The first-order valence-corrected chi connectivity index (χ1v) is 7.83. The molecule has 0 atom stereocenters. The van der Waals surface area contributed by atoms with Gasteiger partial charge in [0.1, 0.15) is 5.75 Å². The van der Waals surface area contributed by atoms with Gasteiger partial charge < -0.3 is 10.2 Å². The highest BCUT2D eigenvalue weighted by Crippen LogP contribution is 2.28. The van der Waals surface area contributed by atoms with Gasteiger partial charge in [-0.15, -0.1) is 0 Å². The molecule has 0 aliphatic carbocycles. The quantitative estimate of drug-likeness (QED) is 0.637. The average Bonchev–Trinajstić information content (AvgIpc) is 2.54. The Morgan fingerprint density at radius 1 is 0.880 bits per heavy atom. The van der Waals surface area contributed by atoms with Crippen LogP contribution >= 0.6 is 0 Å². The number of hydrogen-bond donors (Lipinski definition) is 2. The largest absolute Gasteiger partial charge is 0.507 e. The van der Waals surface area contributed by atoms with Crippen LogP contribution in [0.1, 0.15) is 63.8 Å². The van der Waals surface area contributed by atoms with E-state index >= 15 is 0 Å². The van der Waals surface area contributed by atoms with Gasteiger partial charge in [0.05, 0.1) is 17.5 Å². The standard InChI is InChI=1S/C20H20O5/c1-20(2,3)14-8-9-16(21)15(10-14)18(23)11-17(22)12-4-6-13(7-5-12)19(24)25/h4-10,21H,11H2,1-3H3,(H,24,25). The predicted molar refractivity (Wildman–Crippen MR) is 93.5 cm³/mol. The number of aromatic carboxylic acids is 1. The Balaban J connectivity index is 2.21. The van der Waals surface area contributed by atoms with Gasteiger partial charge in [-0.3, -0.25) is 9.59 Å². The van der Waals surface area contributed by atoms with Gasteiger partial charge >= 0.3 is 5.97 Å². The van der Waals surface area contributed by atoms with Crippen LogP contribution in [0.15, 0.2) is 42.5 Å². The van der Waals surface area contributed by atoms with E-state index in [2.05, 4.69) is 0 Å². The highest BCUT2D eigenvalue weighted by Gasteiger charge is 2.21. The number of aromatic hydroxyl groups is 1. The summed E-state index contributed by atoms with van der Waals surface area (Å²) in [4.78, 5) is 35.5. The Kier molecular flexibility index (Phi) is 5.07. The van der Waals surface area contributed by atoms with E-state index in [0.717, 1.165) is 5.56 Å². The Morgan fingerprint density at radius 2 is 1.44 bits per heavy atom. The predicted octanol–water partition coefficient (Wildman–Crippen LogP) is 3.84. The molecule has 2 aromatic rings. The number of carbonyl (C=O) groups excluding carboxylic acids is 2. The third-order valence-electron chi connectivity index (χ3n) is 3.94. The van der Waals surface area contributed by atoms with Crippen LogP contribution in [0.5, 0.6) is 5.75 Å². The van der Waals surface area contributed by atoms with Crippen molar-refractivity contribution in [1.82, 2.24) is 0 Å². The first-order chi connectivity index (χ1) is 11.6. The lowest BCUT2D eigenvalue weighted by Crippen LogP contribution is -2.14. The van der Waals surface area contributed by atoms with E-state index in [-0.39, 0.29) is 27.9 Å². The van der Waals surface area contributed by atoms with Gasteiger partial charge in [-0.05, 0) is 35.2 Å². The Hall–Kier alpha value is -2.95. The van der Waals surface area contributed by atoms with Crippen LogP contribution in [-0.4, -0.2) is 27.7 Å². The zero-order valence-electron chi connectivity index (χ0n) is 14.4. The summed E-state index contributed by atoms with van der Waals surface area (Å²) in [5.41, 5.74) is 1.12. The number of benzene rings is 2. The molecule has 2 N–H and O–H groups in total. The summed E-state index contributed by atoms with van der Waals surface area (Å²) in [5, 5.41) is 18.8. The average molecular weight is 340 g/mol. The summed E-state index contributed by atoms with van der Waals surface area (Å²) in [7, 11) is 0. The highest BCUT2D eigenvalue weighted by atomic mass is 16.4. The molecule has 0 fully saturated rings. The third kappa shape index (κ3) is 4.32. The van der Waals surface area contributed by atoms with Gasteiger partial charge in [-0.1, -0.05) is 39.0 Å². The molecular formula is C20H20O5. The second-order valence-corrected chi connectivity index (χ2v) is 6.89. The molecule has 0 unspecified atom stereocenters. The van der Waals surface area contributed by atoms with Crippen molar-refractivity contribution in [1.29, 1.82) is 0 Å². The molecule has 0 aliphatic heterocycles. The summed E-state index contributed by atoms with van der Waals surface area (Å²) in [6, 6.07) is 10.2. The lowest BCUT2D eigenvalue weighted by Gasteiger charge is -2.20. The maximum absolute atomic E-state index is 12.4. The zero-order chi connectivity index (χ0) is 18.8. The normalized spacial score (nSPS) is 11.2. The second kappa shape index (κ2) is 6.89. The molecular weight excluding hydrogens is 320 g/mol. The van der Waals surface area contributed by atoms with E-state index < -0.39 is 24.0 Å². The van der Waals surface area contributed by atoms with E-state index in [1.54, 1.807) is 12.1 Å². The molecule has 0 radical (unpaired) electrons. The molecule has 5 nitrogen and oxygen atoms in total. The van der Waals surface area contributed by atoms with E-state index in [1.165, 1.54) is 30.3 Å². The van der Waals surface area contributed by atoms with Crippen molar-refractivity contribution in [3.05, 3.63) is 64.7 Å². The van der Waals surface area contributed by atoms with Crippen LogP contribution in [0.3, 0.4) is 0 Å². The topological polar surface area (TPSA) is 91.7 Å². The molecule has 0 aliphatic rings. The van der Waals surface area contributed by atoms with Crippen LogP contribution in [-0.2, 0) is 5.41 Å². The van der Waals surface area contributed by atoms with Gasteiger partial charge in [0.2, 0.25) is 0 Å². The second-order valence-electron chi connectivity index (χ2n) is 6.89. The van der Waals surface area contributed by atoms with Gasteiger partial charge in [0.15, 0.2) is 11.6 Å². The molecule has 2 aromatic carbocycles. The maximum atomic E-state index is 12.4. The minimum atomic E-state index is -1.08. The van der Waals surface area contributed by atoms with Crippen LogP contribution < -0.4 is 0 Å².